The van der Waals surface area contributed by atoms with Crippen molar-refractivity contribution in [2.75, 3.05) is 11.5 Å². The summed E-state index contributed by atoms with van der Waals surface area (Å²) in [7, 11) is 0. The summed E-state index contributed by atoms with van der Waals surface area (Å²) in [6.45, 7) is 0. The first-order chi connectivity index (χ1) is 5.79. The number of halogens is 1. The molecule has 3 heteroatoms. The molecule has 0 fully saturated rings. The molecule has 0 saturated heterocycles. The molecule has 0 bridgehead atoms. The number of benzene rings is 2. The highest BCUT2D eigenvalue weighted by molar-refractivity contribution is 8.93. The fraction of sp³-hybridized carbons (Fsp3) is 0. The molecule has 0 aliphatic carbocycles. The Morgan fingerprint density at radius 2 is 1.23 bits per heavy atom. The van der Waals surface area contributed by atoms with Crippen LogP contribution in [-0.2, 0) is 0 Å². The average molecular weight is 239 g/mol. The van der Waals surface area contributed by atoms with Crippen molar-refractivity contribution in [3.8, 4) is 0 Å². The van der Waals surface area contributed by atoms with Crippen molar-refractivity contribution in [2.24, 2.45) is 0 Å². The number of nitrogen functional groups attached to an aromatic ring is 2. The maximum absolute atomic E-state index is 5.78. The van der Waals surface area contributed by atoms with Crippen molar-refractivity contribution >= 4 is 39.1 Å². The third-order valence-electron chi connectivity index (χ3n) is 1.97. The van der Waals surface area contributed by atoms with Gasteiger partial charge in [0.15, 0.2) is 0 Å². The molecule has 0 amide bonds. The van der Waals surface area contributed by atoms with Gasteiger partial charge < -0.3 is 11.5 Å². The Bertz CT molecular complexity index is 389. The van der Waals surface area contributed by atoms with Crippen molar-refractivity contribution in [3.05, 3.63) is 36.4 Å². The zero-order chi connectivity index (χ0) is 8.55. The quantitative estimate of drug-likeness (QED) is 0.694. The summed E-state index contributed by atoms with van der Waals surface area (Å²) >= 11 is 0. The van der Waals surface area contributed by atoms with Crippen molar-refractivity contribution in [1.82, 2.24) is 0 Å². The highest BCUT2D eigenvalue weighted by Crippen LogP contribution is 2.25. The van der Waals surface area contributed by atoms with Crippen LogP contribution < -0.4 is 11.5 Å². The van der Waals surface area contributed by atoms with Gasteiger partial charge in [-0.1, -0.05) is 24.3 Å². The molecule has 0 aliphatic heterocycles. The fourth-order valence-corrected chi connectivity index (χ4v) is 1.40. The van der Waals surface area contributed by atoms with Crippen molar-refractivity contribution < 1.29 is 0 Å². The molecule has 2 aromatic carbocycles. The summed E-state index contributed by atoms with van der Waals surface area (Å²) < 4.78 is 0. The second kappa shape index (κ2) is 3.66. The Kier molecular flexibility index (Phi) is 2.78. The predicted molar refractivity (Wildman–Crippen MR) is 63.1 cm³/mol. The molecule has 0 heterocycles. The zero-order valence-corrected chi connectivity index (χ0v) is 8.74. The highest BCUT2D eigenvalue weighted by atomic mass is 79.9. The molecule has 4 N–H and O–H groups in total. The lowest BCUT2D eigenvalue weighted by atomic mass is 10.1. The van der Waals surface area contributed by atoms with E-state index in [2.05, 4.69) is 0 Å². The van der Waals surface area contributed by atoms with Crippen LogP contribution in [0.15, 0.2) is 36.4 Å². The van der Waals surface area contributed by atoms with E-state index in [1.54, 1.807) is 0 Å². The molecule has 0 radical (unpaired) electrons. The first-order valence-electron chi connectivity index (χ1n) is 3.82. The number of anilines is 2. The van der Waals surface area contributed by atoms with Gasteiger partial charge in [-0.2, -0.15) is 0 Å². The summed E-state index contributed by atoms with van der Waals surface area (Å²) in [6.07, 6.45) is 0. The second-order valence-corrected chi connectivity index (χ2v) is 2.79. The van der Waals surface area contributed by atoms with Gasteiger partial charge in [0.2, 0.25) is 0 Å². The highest BCUT2D eigenvalue weighted by Gasteiger charge is 1.98. The maximum Gasteiger partial charge on any atom is 0.0414 e. The largest absolute Gasteiger partial charge is 0.398 e. The SMILES string of the molecule is Br.Nc1cccc2cccc(N)c12. The molecule has 0 aliphatic rings. The van der Waals surface area contributed by atoms with E-state index in [1.165, 1.54) is 0 Å². The van der Waals surface area contributed by atoms with Gasteiger partial charge in [0.05, 0.1) is 0 Å². The molecular weight excluding hydrogens is 228 g/mol. The molecule has 0 aromatic heterocycles. The van der Waals surface area contributed by atoms with Crippen molar-refractivity contribution in [3.63, 3.8) is 0 Å². The Morgan fingerprint density at radius 3 is 1.62 bits per heavy atom. The van der Waals surface area contributed by atoms with E-state index in [-0.39, 0.29) is 17.0 Å². The Hall–Kier alpha value is -1.22. The van der Waals surface area contributed by atoms with E-state index in [4.69, 9.17) is 11.5 Å². The third kappa shape index (κ3) is 1.60. The number of nitrogens with two attached hydrogens (primary N) is 2. The Balaban J connectivity index is 0.000000845. The van der Waals surface area contributed by atoms with Crippen molar-refractivity contribution in [2.45, 2.75) is 0 Å². The number of fused-ring (bicyclic) bond motifs is 1. The van der Waals surface area contributed by atoms with E-state index < -0.39 is 0 Å². The summed E-state index contributed by atoms with van der Waals surface area (Å²) in [6, 6.07) is 11.6. The van der Waals surface area contributed by atoms with Gasteiger partial charge in [0, 0.05) is 16.8 Å². The van der Waals surface area contributed by atoms with Gasteiger partial charge in [-0.05, 0) is 17.5 Å². The normalized spacial score (nSPS) is 9.54. The predicted octanol–water partition coefficient (Wildman–Crippen LogP) is 2.58. The first-order valence-corrected chi connectivity index (χ1v) is 3.82. The monoisotopic (exact) mass is 238 g/mol. The lowest BCUT2D eigenvalue weighted by Gasteiger charge is -2.03. The minimum Gasteiger partial charge on any atom is -0.398 e. The summed E-state index contributed by atoms with van der Waals surface area (Å²) in [4.78, 5) is 0. The van der Waals surface area contributed by atoms with Crippen LogP contribution in [0.2, 0.25) is 0 Å². The van der Waals surface area contributed by atoms with Gasteiger partial charge in [-0.15, -0.1) is 17.0 Å². The Labute approximate surface area is 87.3 Å². The smallest absolute Gasteiger partial charge is 0.0414 e. The van der Waals surface area contributed by atoms with Gasteiger partial charge in [-0.25, -0.2) is 0 Å². The van der Waals surface area contributed by atoms with Crippen LogP contribution in [0.25, 0.3) is 10.8 Å². The van der Waals surface area contributed by atoms with E-state index in [9.17, 15) is 0 Å². The van der Waals surface area contributed by atoms with E-state index in [0.29, 0.717) is 0 Å². The van der Waals surface area contributed by atoms with Crippen LogP contribution in [-0.4, -0.2) is 0 Å². The minimum atomic E-state index is 0. The molecular formula is C10H11BrN2. The summed E-state index contributed by atoms with van der Waals surface area (Å²) in [5.74, 6) is 0. The van der Waals surface area contributed by atoms with Crippen LogP contribution >= 0.6 is 17.0 Å². The summed E-state index contributed by atoms with van der Waals surface area (Å²) in [5, 5.41) is 2.05. The van der Waals surface area contributed by atoms with Crippen LogP contribution in [0.1, 0.15) is 0 Å². The first kappa shape index (κ1) is 9.86. The van der Waals surface area contributed by atoms with Gasteiger partial charge >= 0.3 is 0 Å². The standard InChI is InChI=1S/C10H10N2.BrH/c11-8-5-1-3-7-4-2-6-9(12)10(7)8;/h1-6H,11-12H2;1H. The van der Waals surface area contributed by atoms with Crippen LogP contribution in [0.4, 0.5) is 11.4 Å². The van der Waals surface area contributed by atoms with E-state index >= 15 is 0 Å². The lowest BCUT2D eigenvalue weighted by Crippen LogP contribution is -1.91. The number of hydrogen-bond acceptors (Lipinski definition) is 2. The van der Waals surface area contributed by atoms with Gasteiger partial charge in [-0.3, -0.25) is 0 Å². The molecule has 0 atom stereocenters. The zero-order valence-electron chi connectivity index (χ0n) is 7.03. The van der Waals surface area contributed by atoms with Crippen LogP contribution in [0.5, 0.6) is 0 Å². The molecule has 0 unspecified atom stereocenters. The van der Waals surface area contributed by atoms with Gasteiger partial charge in [0.1, 0.15) is 0 Å². The topological polar surface area (TPSA) is 52.0 Å². The maximum atomic E-state index is 5.78. The third-order valence-corrected chi connectivity index (χ3v) is 1.97. The molecule has 13 heavy (non-hydrogen) atoms. The molecule has 2 rings (SSSR count). The number of rotatable bonds is 0. The van der Waals surface area contributed by atoms with Crippen LogP contribution in [0.3, 0.4) is 0 Å². The molecule has 0 saturated carbocycles. The van der Waals surface area contributed by atoms with Gasteiger partial charge in [0.25, 0.3) is 0 Å². The number of hydrogen-bond donors (Lipinski definition) is 2. The average Bonchev–Trinajstić information content (AvgIpc) is 2.04. The molecule has 0 spiro atoms. The van der Waals surface area contributed by atoms with Crippen molar-refractivity contribution in [1.29, 1.82) is 0 Å². The van der Waals surface area contributed by atoms with Crippen LogP contribution in [0, 0.1) is 0 Å². The molecule has 2 nitrogen and oxygen atoms in total. The van der Waals surface area contributed by atoms with E-state index in [0.717, 1.165) is 22.1 Å². The van der Waals surface area contributed by atoms with E-state index in [1.807, 2.05) is 36.4 Å². The second-order valence-electron chi connectivity index (χ2n) is 2.79. The summed E-state index contributed by atoms with van der Waals surface area (Å²) in [5.41, 5.74) is 13.0. The minimum absolute atomic E-state index is 0. The molecule has 2 aromatic rings. The fourth-order valence-electron chi connectivity index (χ4n) is 1.40. The molecule has 68 valence electrons. The lowest BCUT2D eigenvalue weighted by molar-refractivity contribution is 1.71. The Morgan fingerprint density at radius 1 is 0.769 bits per heavy atom.